The summed E-state index contributed by atoms with van der Waals surface area (Å²) in [4.78, 5) is 44.1. The molecule has 0 rings (SSSR count). The molecule has 0 heterocycles. The normalized spacial score (nSPS) is 11.1. The average Bonchev–Trinajstić information content (AvgIpc) is 2.45. The Balaban J connectivity index is -0.000000480. The fourth-order valence-corrected chi connectivity index (χ4v) is 4.47. The minimum Gasteiger partial charge on any atom is -0.810 e. The Morgan fingerprint density at radius 1 is 0.552 bits per heavy atom. The van der Waals surface area contributed by atoms with Crippen molar-refractivity contribution >= 4 is 15.2 Å². The number of hydrogen-bond donors (Lipinski definition) is 0. The molecule has 0 saturated carbocycles. The number of hydrogen-bond acceptors (Lipinski definition) is 7. The fraction of sp³-hybridized carbons (Fsp3) is 1.00. The molecule has 0 aliphatic heterocycles. The van der Waals surface area contributed by atoms with E-state index >= 15 is 0 Å². The quantitative estimate of drug-likeness (QED) is 0.0994. The second kappa shape index (κ2) is 29.4. The molecule has 29 heavy (non-hydrogen) atoms. The molecule has 0 saturated heterocycles. The number of unbranched alkanes of at least 4 members (excludes halogenated alkanes) is 11. The van der Waals surface area contributed by atoms with Crippen LogP contribution in [0.15, 0.2) is 0 Å². The second-order valence-corrected chi connectivity index (χ2v) is 9.80. The minimum atomic E-state index is -4.87. The summed E-state index contributed by atoms with van der Waals surface area (Å²) in [5.74, 6) is 0. The summed E-state index contributed by atoms with van der Waals surface area (Å²) < 4.78 is 21.6. The van der Waals surface area contributed by atoms with Crippen LogP contribution in [0, 0.1) is 0 Å². The van der Waals surface area contributed by atoms with Gasteiger partial charge in [0.2, 0.25) is 0 Å². The van der Waals surface area contributed by atoms with Crippen molar-refractivity contribution in [3.05, 3.63) is 0 Å². The third kappa shape index (κ3) is 39.5. The van der Waals surface area contributed by atoms with Crippen molar-refractivity contribution < 1.29 is 234 Å². The van der Waals surface area contributed by atoms with Gasteiger partial charge in [-0.3, -0.25) is 4.90 Å². The van der Waals surface area contributed by atoms with Gasteiger partial charge in [-0.1, -0.05) is 92.7 Å². The van der Waals surface area contributed by atoms with Gasteiger partial charge >= 0.3 is 206 Å². The van der Waals surface area contributed by atoms with Crippen LogP contribution in [0.25, 0.3) is 0 Å². The van der Waals surface area contributed by atoms with Crippen molar-refractivity contribution in [2.24, 2.45) is 0 Å². The molecule has 0 aromatic carbocycles. The van der Waals surface area contributed by atoms with Crippen LogP contribution in [0.5, 0.6) is 0 Å². The first-order valence-electron chi connectivity index (χ1n) is 9.38. The largest absolute Gasteiger partial charge is 1.00 e. The van der Waals surface area contributed by atoms with Gasteiger partial charge < -0.3 is 28.7 Å². The monoisotopic (exact) mass is 553 g/mol. The first-order valence-corrected chi connectivity index (χ1v) is 12.8. The van der Waals surface area contributed by atoms with Gasteiger partial charge in [0.15, 0.2) is 0 Å². The van der Waals surface area contributed by atoms with Gasteiger partial charge in [-0.2, -0.15) is 0 Å². The molecule has 0 aromatic heterocycles. The zero-order valence-corrected chi connectivity index (χ0v) is 33.7. The molecule has 13 heteroatoms. The molecule has 0 atom stereocenters. The van der Waals surface area contributed by atoms with Gasteiger partial charge in [0.1, 0.15) is 0 Å². The molecule has 152 valence electrons. The molecule has 0 spiro atoms. The summed E-state index contributed by atoms with van der Waals surface area (Å²) >= 11 is 0. The molecule has 0 amide bonds. The maximum absolute atomic E-state index is 10.8. The summed E-state index contributed by atoms with van der Waals surface area (Å²) in [6.45, 7) is 2.35. The molecular weight excluding hydrogens is 521 g/mol. The summed E-state index contributed by atoms with van der Waals surface area (Å²) in [6, 6.07) is 0. The van der Waals surface area contributed by atoms with Crippen LogP contribution in [0.1, 0.15) is 84.0 Å². The van der Waals surface area contributed by atoms with Crippen LogP contribution in [0.2, 0.25) is 0 Å². The topological polar surface area (TPSA) is 130 Å². The first-order chi connectivity index (χ1) is 11.6. The predicted octanol–water partition coefficient (Wildman–Crippen LogP) is -10.3. The van der Waals surface area contributed by atoms with E-state index in [0.717, 1.165) is 24.2 Å². The zero-order valence-electron chi connectivity index (χ0n) is 19.4. The SMILES string of the molecule is CCCCCCCCCCCCCCN(CP(=O)([O-])[O-])CP(=O)([O-])[O-].[K+].[K+].[K+].[K+]. The zero-order chi connectivity index (χ0) is 19.2. The van der Waals surface area contributed by atoms with Crippen molar-refractivity contribution in [2.75, 3.05) is 19.1 Å². The maximum atomic E-state index is 10.8. The summed E-state index contributed by atoms with van der Waals surface area (Å²) in [6.07, 6.45) is 11.9. The van der Waals surface area contributed by atoms with Crippen LogP contribution >= 0.6 is 15.2 Å². The summed E-state index contributed by atoms with van der Waals surface area (Å²) in [5, 5.41) is 0. The fourth-order valence-electron chi connectivity index (χ4n) is 2.85. The minimum absolute atomic E-state index is 0. The Bertz CT molecular complexity index is 402. The van der Waals surface area contributed by atoms with Gasteiger partial charge in [0.05, 0.1) is 0 Å². The van der Waals surface area contributed by atoms with Crippen LogP contribution in [0.3, 0.4) is 0 Å². The molecule has 0 aliphatic rings. The van der Waals surface area contributed by atoms with E-state index in [1.54, 1.807) is 0 Å². The van der Waals surface area contributed by atoms with Crippen molar-refractivity contribution in [2.45, 2.75) is 84.0 Å². The smallest absolute Gasteiger partial charge is 0.810 e. The molecule has 0 radical (unpaired) electrons. The van der Waals surface area contributed by atoms with E-state index in [1.807, 2.05) is 0 Å². The molecule has 7 nitrogen and oxygen atoms in total. The molecule has 0 unspecified atom stereocenters. The Hall–Kier alpha value is 6.81. The van der Waals surface area contributed by atoms with Crippen LogP contribution < -0.4 is 225 Å². The Morgan fingerprint density at radius 2 is 0.828 bits per heavy atom. The number of nitrogens with zero attached hydrogens (tertiary/aromatic N) is 1. The third-order valence-corrected chi connectivity index (χ3v) is 5.57. The Labute approximate surface area is 348 Å². The third-order valence-electron chi connectivity index (χ3n) is 4.07. The van der Waals surface area contributed by atoms with E-state index in [1.165, 1.54) is 51.4 Å². The molecule has 0 fully saturated rings. The Kier molecular flexibility index (Phi) is 46.3. The first kappa shape index (κ1) is 45.7. The summed E-state index contributed by atoms with van der Waals surface area (Å²) in [7, 11) is -9.73. The molecular formula is C16H33K4NO6P2. The van der Waals surface area contributed by atoms with Crippen LogP contribution in [-0.2, 0) is 9.13 Å². The molecule has 0 N–H and O–H groups in total. The Morgan fingerprint density at radius 3 is 1.10 bits per heavy atom. The second-order valence-electron chi connectivity index (χ2n) is 6.79. The molecule has 0 aromatic rings. The van der Waals surface area contributed by atoms with Crippen LogP contribution in [0.4, 0.5) is 0 Å². The number of rotatable bonds is 17. The standard InChI is InChI=1S/C16H37NO6P2.4K/c1-2-3-4-5-6-7-8-9-10-11-12-13-14-17(15-24(18,19)20)16-25(21,22)23;;;;/h2-16H2,1H3,(H2,18,19,20)(H2,21,22,23);;;;/q;4*+1/p-4. The molecule has 0 aliphatic carbocycles. The van der Waals surface area contributed by atoms with Gasteiger partial charge in [0.25, 0.3) is 0 Å². The predicted molar refractivity (Wildman–Crippen MR) is 92.7 cm³/mol. The van der Waals surface area contributed by atoms with Gasteiger partial charge in [-0.15, -0.1) is 0 Å². The van der Waals surface area contributed by atoms with E-state index < -0.39 is 27.8 Å². The van der Waals surface area contributed by atoms with Crippen molar-refractivity contribution in [3.63, 3.8) is 0 Å². The van der Waals surface area contributed by atoms with Crippen molar-refractivity contribution in [1.29, 1.82) is 0 Å². The van der Waals surface area contributed by atoms with Gasteiger partial charge in [-0.25, -0.2) is 0 Å². The van der Waals surface area contributed by atoms with Crippen molar-refractivity contribution in [3.8, 4) is 0 Å². The average molecular weight is 554 g/mol. The van der Waals surface area contributed by atoms with E-state index in [2.05, 4.69) is 6.92 Å². The maximum Gasteiger partial charge on any atom is 1.00 e. The van der Waals surface area contributed by atoms with E-state index in [9.17, 15) is 28.7 Å². The van der Waals surface area contributed by atoms with E-state index in [-0.39, 0.29) is 212 Å². The van der Waals surface area contributed by atoms with Crippen molar-refractivity contribution in [1.82, 2.24) is 4.90 Å². The van der Waals surface area contributed by atoms with Gasteiger partial charge in [0, 0.05) is 12.6 Å². The van der Waals surface area contributed by atoms with Gasteiger partial charge in [-0.05, 0) is 13.0 Å². The van der Waals surface area contributed by atoms with Crippen LogP contribution in [-0.4, -0.2) is 24.0 Å². The molecule has 0 bridgehead atoms. The van der Waals surface area contributed by atoms with E-state index in [0.29, 0.717) is 6.42 Å². The summed E-state index contributed by atoms with van der Waals surface area (Å²) in [5.41, 5.74) is 0. The van der Waals surface area contributed by atoms with E-state index in [4.69, 9.17) is 0 Å².